The van der Waals surface area contributed by atoms with Crippen LogP contribution in [-0.2, 0) is 0 Å². The number of unbranched alkanes of at least 4 members (excludes halogenated alkanes) is 1. The van der Waals surface area contributed by atoms with Crippen LogP contribution in [0.2, 0.25) is 0 Å². The van der Waals surface area contributed by atoms with E-state index in [0.717, 1.165) is 24.0 Å². The summed E-state index contributed by atoms with van der Waals surface area (Å²) >= 11 is 0. The van der Waals surface area contributed by atoms with Crippen LogP contribution in [0.15, 0.2) is 60.5 Å². The van der Waals surface area contributed by atoms with Gasteiger partial charge in [0.25, 0.3) is 0 Å². The van der Waals surface area contributed by atoms with Gasteiger partial charge in [-0.2, -0.15) is 0 Å². The quantitative estimate of drug-likeness (QED) is 0.177. The van der Waals surface area contributed by atoms with Gasteiger partial charge in [-0.3, -0.25) is 10.8 Å². The highest BCUT2D eigenvalue weighted by molar-refractivity contribution is 6.14. The van der Waals surface area contributed by atoms with Crippen LogP contribution in [0.1, 0.15) is 32.3 Å². The number of amidine groups is 1. The van der Waals surface area contributed by atoms with Crippen molar-refractivity contribution in [2.24, 2.45) is 5.73 Å². The van der Waals surface area contributed by atoms with Crippen molar-refractivity contribution in [3.63, 3.8) is 0 Å². The maximum Gasteiger partial charge on any atom is 0.150 e. The second kappa shape index (κ2) is 11.6. The number of aliphatic hydroxyl groups excluding tert-OH is 1. The van der Waals surface area contributed by atoms with Crippen molar-refractivity contribution in [2.45, 2.75) is 32.8 Å². The molecule has 0 aromatic heterocycles. The molecule has 1 aromatic carbocycles. The van der Waals surface area contributed by atoms with Gasteiger partial charge in [-0.25, -0.2) is 0 Å². The van der Waals surface area contributed by atoms with E-state index >= 15 is 0 Å². The van der Waals surface area contributed by atoms with E-state index in [1.165, 1.54) is 6.08 Å². The van der Waals surface area contributed by atoms with Gasteiger partial charge in [-0.15, -0.1) is 0 Å². The van der Waals surface area contributed by atoms with E-state index in [4.69, 9.17) is 21.3 Å². The Bertz CT molecular complexity index is 882. The van der Waals surface area contributed by atoms with E-state index in [1.54, 1.807) is 27.1 Å². The molecule has 0 amide bonds. The SMILES string of the molecule is C=C(NC)C(=N)/C(=C\C(=N)N)Nc1cccc(/C(=C/CCC)C(=C)C(C)O)c1OC. The molecule has 7 nitrogen and oxygen atoms in total. The van der Waals surface area contributed by atoms with Gasteiger partial charge in [0.1, 0.15) is 17.3 Å². The summed E-state index contributed by atoms with van der Waals surface area (Å²) in [6, 6.07) is 5.54. The third kappa shape index (κ3) is 6.35. The molecule has 0 heterocycles. The van der Waals surface area contributed by atoms with Crippen LogP contribution in [0.5, 0.6) is 5.75 Å². The fourth-order valence-corrected chi connectivity index (χ4v) is 2.75. The Kier molecular flexibility index (Phi) is 9.58. The van der Waals surface area contributed by atoms with Crippen molar-refractivity contribution < 1.29 is 9.84 Å². The summed E-state index contributed by atoms with van der Waals surface area (Å²) < 4.78 is 5.69. The number of anilines is 1. The largest absolute Gasteiger partial charge is 0.494 e. The smallest absolute Gasteiger partial charge is 0.150 e. The lowest BCUT2D eigenvalue weighted by Crippen LogP contribution is -2.22. The Labute approximate surface area is 179 Å². The molecule has 0 aliphatic rings. The lowest BCUT2D eigenvalue weighted by Gasteiger charge is -2.21. The van der Waals surface area contributed by atoms with Gasteiger partial charge in [0, 0.05) is 18.7 Å². The van der Waals surface area contributed by atoms with E-state index in [-0.39, 0.29) is 11.5 Å². The predicted molar refractivity (Wildman–Crippen MR) is 126 cm³/mol. The number of allylic oxidation sites excluding steroid dienone is 1. The molecule has 1 aromatic rings. The molecule has 0 aliphatic carbocycles. The minimum Gasteiger partial charge on any atom is -0.494 e. The molecule has 30 heavy (non-hydrogen) atoms. The molecular formula is C23H33N5O2. The minimum atomic E-state index is -0.713. The Balaban J connectivity index is 3.56. The van der Waals surface area contributed by atoms with Gasteiger partial charge in [0.2, 0.25) is 0 Å². The zero-order valence-corrected chi connectivity index (χ0v) is 18.2. The first kappa shape index (κ1) is 24.7. The molecular weight excluding hydrogens is 378 g/mol. The van der Waals surface area contributed by atoms with Crippen molar-refractivity contribution in [1.29, 1.82) is 10.8 Å². The van der Waals surface area contributed by atoms with Crippen LogP contribution >= 0.6 is 0 Å². The maximum absolute atomic E-state index is 10.1. The minimum absolute atomic E-state index is 0.0651. The molecule has 0 saturated carbocycles. The van der Waals surface area contributed by atoms with Crippen molar-refractivity contribution in [3.05, 3.63) is 66.0 Å². The molecule has 0 bridgehead atoms. The Morgan fingerprint density at radius 2 is 2.00 bits per heavy atom. The number of nitrogens with two attached hydrogens (primary N) is 1. The summed E-state index contributed by atoms with van der Waals surface area (Å²) in [5, 5.41) is 32.0. The first-order chi connectivity index (χ1) is 14.2. The normalized spacial score (nSPS) is 12.7. The second-order valence-electron chi connectivity index (χ2n) is 6.74. The van der Waals surface area contributed by atoms with Gasteiger partial charge < -0.3 is 26.2 Å². The van der Waals surface area contributed by atoms with Crippen molar-refractivity contribution >= 4 is 22.8 Å². The number of benzene rings is 1. The number of ether oxygens (including phenoxy) is 1. The molecule has 7 N–H and O–H groups in total. The molecule has 0 radical (unpaired) electrons. The number of nitrogens with one attached hydrogen (secondary N) is 4. The Morgan fingerprint density at radius 3 is 2.50 bits per heavy atom. The van der Waals surface area contributed by atoms with Crippen LogP contribution in [0.4, 0.5) is 5.69 Å². The second-order valence-corrected chi connectivity index (χ2v) is 6.74. The van der Waals surface area contributed by atoms with Gasteiger partial charge in [-0.05, 0) is 30.6 Å². The molecule has 162 valence electrons. The summed E-state index contributed by atoms with van der Waals surface area (Å²) in [6.45, 7) is 11.6. The van der Waals surface area contributed by atoms with Crippen LogP contribution in [0.3, 0.4) is 0 Å². The van der Waals surface area contributed by atoms with Gasteiger partial charge in [0.05, 0.1) is 30.3 Å². The third-order valence-corrected chi connectivity index (χ3v) is 4.44. The Morgan fingerprint density at radius 1 is 1.33 bits per heavy atom. The monoisotopic (exact) mass is 411 g/mol. The molecule has 1 rings (SSSR count). The summed E-state index contributed by atoms with van der Waals surface area (Å²) in [6.07, 6.45) is 4.44. The van der Waals surface area contributed by atoms with Crippen LogP contribution in [0.25, 0.3) is 5.57 Å². The highest BCUT2D eigenvalue weighted by Gasteiger charge is 2.19. The Hall–Kier alpha value is -3.32. The average Bonchev–Trinajstić information content (AvgIpc) is 2.71. The molecule has 7 heteroatoms. The summed E-state index contributed by atoms with van der Waals surface area (Å²) in [5.74, 6) is 0.325. The summed E-state index contributed by atoms with van der Waals surface area (Å²) in [5.41, 5.74) is 9.02. The van der Waals surface area contributed by atoms with Gasteiger partial charge in [-0.1, -0.05) is 44.7 Å². The van der Waals surface area contributed by atoms with Crippen molar-refractivity contribution in [1.82, 2.24) is 5.32 Å². The van der Waals surface area contributed by atoms with E-state index in [2.05, 4.69) is 30.7 Å². The maximum atomic E-state index is 10.1. The first-order valence-electron chi connectivity index (χ1n) is 9.71. The third-order valence-electron chi connectivity index (χ3n) is 4.44. The lowest BCUT2D eigenvalue weighted by molar-refractivity contribution is 0.237. The number of para-hydroxylation sites is 1. The molecule has 1 atom stereocenters. The van der Waals surface area contributed by atoms with Crippen LogP contribution in [-0.4, -0.2) is 36.9 Å². The zero-order chi connectivity index (χ0) is 22.8. The molecule has 1 unspecified atom stereocenters. The van der Waals surface area contributed by atoms with E-state index < -0.39 is 6.10 Å². The standard InChI is InChI=1S/C23H33N5O2/c1-7-8-10-17(14(2)16(4)29)18-11-9-12-19(23(18)30-6)28-20(13-21(24)25)22(26)15(3)27-5/h9-13,16,26-29H,2-3,7-8H2,1,4-6H3,(H3,24,25)/b17-10+,20-13+,26-22?. The number of aliphatic hydroxyl groups is 1. The first-order valence-corrected chi connectivity index (χ1v) is 9.71. The van der Waals surface area contributed by atoms with E-state index in [1.807, 2.05) is 18.2 Å². The van der Waals surface area contributed by atoms with Gasteiger partial charge >= 0.3 is 0 Å². The zero-order valence-electron chi connectivity index (χ0n) is 18.2. The number of rotatable bonds is 12. The highest BCUT2D eigenvalue weighted by atomic mass is 16.5. The number of hydrogen-bond donors (Lipinski definition) is 6. The van der Waals surface area contributed by atoms with Crippen LogP contribution < -0.4 is 21.1 Å². The molecule has 0 saturated heterocycles. The van der Waals surface area contributed by atoms with Crippen LogP contribution in [0, 0.1) is 10.8 Å². The van der Waals surface area contributed by atoms with E-state index in [0.29, 0.717) is 28.4 Å². The summed E-state index contributed by atoms with van der Waals surface area (Å²) in [4.78, 5) is 0. The average molecular weight is 412 g/mol. The van der Waals surface area contributed by atoms with Crippen molar-refractivity contribution in [2.75, 3.05) is 19.5 Å². The predicted octanol–water partition coefficient (Wildman–Crippen LogP) is 3.80. The fourth-order valence-electron chi connectivity index (χ4n) is 2.75. The topological polar surface area (TPSA) is 127 Å². The molecule has 0 spiro atoms. The molecule has 0 aliphatic heterocycles. The fraction of sp³-hybridized carbons (Fsp3) is 0.304. The lowest BCUT2D eigenvalue weighted by atomic mass is 9.93. The molecule has 0 fully saturated rings. The highest BCUT2D eigenvalue weighted by Crippen LogP contribution is 2.38. The van der Waals surface area contributed by atoms with Gasteiger partial charge in [0.15, 0.2) is 0 Å². The summed E-state index contributed by atoms with van der Waals surface area (Å²) in [7, 11) is 3.22. The van der Waals surface area contributed by atoms with Crippen molar-refractivity contribution in [3.8, 4) is 5.75 Å². The van der Waals surface area contributed by atoms with E-state index in [9.17, 15) is 5.11 Å². The number of methoxy groups -OCH3 is 1. The number of hydrogen-bond acceptors (Lipinski definition) is 6.